The number of hydrogen-bond acceptors (Lipinski definition) is 3. The Morgan fingerprint density at radius 2 is 1.83 bits per heavy atom. The van der Waals surface area contributed by atoms with Crippen LogP contribution in [-0.2, 0) is 6.42 Å². The van der Waals surface area contributed by atoms with E-state index < -0.39 is 0 Å². The highest BCUT2D eigenvalue weighted by molar-refractivity contribution is 5.50. The van der Waals surface area contributed by atoms with E-state index >= 15 is 0 Å². The second-order valence-electron chi connectivity index (χ2n) is 5.88. The maximum absolute atomic E-state index is 5.93. The van der Waals surface area contributed by atoms with Crippen LogP contribution < -0.4 is 15.2 Å². The third kappa shape index (κ3) is 2.32. The largest absolute Gasteiger partial charge is 0.493 e. The average molecular weight is 249 g/mol. The van der Waals surface area contributed by atoms with Crippen LogP contribution in [0.3, 0.4) is 0 Å². The lowest BCUT2D eigenvalue weighted by molar-refractivity contribution is 0.279. The molecule has 0 spiro atoms. The predicted molar refractivity (Wildman–Crippen MR) is 73.4 cm³/mol. The van der Waals surface area contributed by atoms with Gasteiger partial charge in [-0.25, -0.2) is 0 Å². The highest BCUT2D eigenvalue weighted by atomic mass is 16.5. The van der Waals surface area contributed by atoms with Crippen molar-refractivity contribution in [1.82, 2.24) is 0 Å². The van der Waals surface area contributed by atoms with Crippen molar-refractivity contribution in [3.8, 4) is 11.5 Å². The molecule has 3 nitrogen and oxygen atoms in total. The molecule has 0 aliphatic heterocycles. The first-order valence-electron chi connectivity index (χ1n) is 6.45. The second-order valence-corrected chi connectivity index (χ2v) is 5.88. The van der Waals surface area contributed by atoms with Crippen LogP contribution in [0.15, 0.2) is 12.1 Å². The van der Waals surface area contributed by atoms with Gasteiger partial charge in [-0.1, -0.05) is 13.8 Å². The fourth-order valence-corrected chi connectivity index (χ4v) is 3.04. The van der Waals surface area contributed by atoms with E-state index in [0.29, 0.717) is 17.9 Å². The molecular formula is C15H23NO2. The van der Waals surface area contributed by atoms with Gasteiger partial charge in [-0.3, -0.25) is 0 Å². The van der Waals surface area contributed by atoms with Gasteiger partial charge in [0.05, 0.1) is 14.2 Å². The first kappa shape index (κ1) is 13.2. The van der Waals surface area contributed by atoms with Crippen molar-refractivity contribution in [2.24, 2.45) is 11.1 Å². The van der Waals surface area contributed by atoms with Crippen molar-refractivity contribution < 1.29 is 9.47 Å². The Bertz CT molecular complexity index is 440. The van der Waals surface area contributed by atoms with Crippen LogP contribution in [0.25, 0.3) is 0 Å². The number of rotatable bonds is 3. The molecule has 0 heterocycles. The summed E-state index contributed by atoms with van der Waals surface area (Å²) in [6.45, 7) is 5.29. The van der Waals surface area contributed by atoms with E-state index in [1.807, 2.05) is 0 Å². The van der Waals surface area contributed by atoms with Crippen LogP contribution in [0, 0.1) is 5.41 Å². The maximum atomic E-state index is 5.93. The molecular weight excluding hydrogens is 226 g/mol. The Labute approximate surface area is 109 Å². The second kappa shape index (κ2) is 4.81. The minimum Gasteiger partial charge on any atom is -0.493 e. The van der Waals surface area contributed by atoms with Crippen molar-refractivity contribution in [3.63, 3.8) is 0 Å². The lowest BCUT2D eigenvalue weighted by atomic mass is 9.69. The summed E-state index contributed by atoms with van der Waals surface area (Å²) >= 11 is 0. The number of fused-ring (bicyclic) bond motifs is 1. The predicted octanol–water partition coefficient (Wildman–Crippen LogP) is 2.72. The zero-order chi connectivity index (χ0) is 13.3. The summed E-state index contributed by atoms with van der Waals surface area (Å²) in [5.74, 6) is 2.03. The topological polar surface area (TPSA) is 44.5 Å². The van der Waals surface area contributed by atoms with Gasteiger partial charge >= 0.3 is 0 Å². The van der Waals surface area contributed by atoms with Crippen LogP contribution >= 0.6 is 0 Å². The van der Waals surface area contributed by atoms with Crippen LogP contribution in [0.4, 0.5) is 0 Å². The molecule has 0 bridgehead atoms. The zero-order valence-electron chi connectivity index (χ0n) is 11.7. The third-order valence-electron chi connectivity index (χ3n) is 3.84. The molecule has 18 heavy (non-hydrogen) atoms. The highest BCUT2D eigenvalue weighted by Crippen LogP contribution is 2.45. The maximum Gasteiger partial charge on any atom is 0.161 e. The molecule has 0 aromatic heterocycles. The normalized spacial score (nSPS) is 21.3. The zero-order valence-corrected chi connectivity index (χ0v) is 11.7. The Morgan fingerprint density at radius 1 is 1.22 bits per heavy atom. The molecule has 2 rings (SSSR count). The van der Waals surface area contributed by atoms with Gasteiger partial charge in [0.15, 0.2) is 11.5 Å². The van der Waals surface area contributed by atoms with Gasteiger partial charge < -0.3 is 15.2 Å². The van der Waals surface area contributed by atoms with E-state index in [2.05, 4.69) is 26.0 Å². The molecule has 100 valence electrons. The van der Waals surface area contributed by atoms with Gasteiger partial charge in [0.25, 0.3) is 0 Å². The summed E-state index contributed by atoms with van der Waals surface area (Å²) in [6, 6.07) is 4.21. The molecule has 0 amide bonds. The van der Waals surface area contributed by atoms with Crippen molar-refractivity contribution in [2.75, 3.05) is 20.8 Å². The van der Waals surface area contributed by atoms with Crippen molar-refractivity contribution in [3.05, 3.63) is 23.3 Å². The molecule has 1 aromatic carbocycles. The quantitative estimate of drug-likeness (QED) is 0.895. The molecule has 2 N–H and O–H groups in total. The number of ether oxygens (including phenoxy) is 2. The van der Waals surface area contributed by atoms with Crippen molar-refractivity contribution in [1.29, 1.82) is 0 Å². The van der Waals surface area contributed by atoms with E-state index in [1.165, 1.54) is 11.1 Å². The Hall–Kier alpha value is -1.22. The number of nitrogens with two attached hydrogens (primary N) is 1. The van der Waals surface area contributed by atoms with Crippen molar-refractivity contribution >= 4 is 0 Å². The average Bonchev–Trinajstić information content (AvgIpc) is 2.35. The summed E-state index contributed by atoms with van der Waals surface area (Å²) in [5.41, 5.74) is 8.91. The van der Waals surface area contributed by atoms with E-state index in [4.69, 9.17) is 15.2 Å². The van der Waals surface area contributed by atoms with Gasteiger partial charge in [0.1, 0.15) is 0 Å². The number of benzene rings is 1. The first-order chi connectivity index (χ1) is 8.50. The van der Waals surface area contributed by atoms with E-state index in [9.17, 15) is 0 Å². The van der Waals surface area contributed by atoms with Gasteiger partial charge in [0, 0.05) is 0 Å². The summed E-state index contributed by atoms with van der Waals surface area (Å²) in [4.78, 5) is 0. The fourth-order valence-electron chi connectivity index (χ4n) is 3.04. The van der Waals surface area contributed by atoms with Gasteiger partial charge in [-0.2, -0.15) is 0 Å². The highest BCUT2D eigenvalue weighted by Gasteiger charge is 2.32. The number of hydrogen-bond donors (Lipinski definition) is 1. The van der Waals surface area contributed by atoms with Gasteiger partial charge in [-0.05, 0) is 54.0 Å². The van der Waals surface area contributed by atoms with Crippen LogP contribution in [0.5, 0.6) is 11.5 Å². The Balaban J connectivity index is 2.51. The van der Waals surface area contributed by atoms with Crippen LogP contribution in [0.1, 0.15) is 37.3 Å². The molecule has 0 saturated carbocycles. The smallest absolute Gasteiger partial charge is 0.161 e. The Morgan fingerprint density at radius 3 is 2.39 bits per heavy atom. The molecule has 0 fully saturated rings. The minimum atomic E-state index is 0.302. The fraction of sp³-hybridized carbons (Fsp3) is 0.600. The molecule has 3 heteroatoms. The molecule has 1 atom stereocenters. The SMILES string of the molecule is COc1cc2c(cc1OC)C(CN)CC(C)(C)C2. The van der Waals surface area contributed by atoms with Crippen LogP contribution in [0.2, 0.25) is 0 Å². The monoisotopic (exact) mass is 249 g/mol. The van der Waals surface area contributed by atoms with E-state index in [0.717, 1.165) is 24.3 Å². The standard InChI is InChI=1S/C15H23NO2/c1-15(2)7-10-5-13(17-3)14(18-4)6-12(10)11(8-15)9-16/h5-6,11H,7-9,16H2,1-4H3. The van der Waals surface area contributed by atoms with E-state index in [-0.39, 0.29) is 0 Å². The molecule has 0 radical (unpaired) electrons. The lowest BCUT2D eigenvalue weighted by Gasteiger charge is -2.37. The molecule has 1 aromatic rings. The van der Waals surface area contributed by atoms with Crippen LogP contribution in [-0.4, -0.2) is 20.8 Å². The summed E-state index contributed by atoms with van der Waals surface area (Å²) in [6.07, 6.45) is 2.20. The Kier molecular flexibility index (Phi) is 3.53. The molecule has 1 aliphatic carbocycles. The summed E-state index contributed by atoms with van der Waals surface area (Å²) < 4.78 is 10.8. The number of methoxy groups -OCH3 is 2. The first-order valence-corrected chi connectivity index (χ1v) is 6.45. The molecule has 1 aliphatic rings. The lowest BCUT2D eigenvalue weighted by Crippen LogP contribution is -2.29. The van der Waals surface area contributed by atoms with E-state index in [1.54, 1.807) is 14.2 Å². The summed E-state index contributed by atoms with van der Waals surface area (Å²) in [7, 11) is 3.35. The third-order valence-corrected chi connectivity index (χ3v) is 3.84. The summed E-state index contributed by atoms with van der Waals surface area (Å²) in [5, 5.41) is 0. The van der Waals surface area contributed by atoms with Crippen molar-refractivity contribution in [2.45, 2.75) is 32.6 Å². The van der Waals surface area contributed by atoms with Gasteiger partial charge in [0.2, 0.25) is 0 Å². The minimum absolute atomic E-state index is 0.302. The van der Waals surface area contributed by atoms with Gasteiger partial charge in [-0.15, -0.1) is 0 Å². The molecule has 1 unspecified atom stereocenters. The molecule has 0 saturated heterocycles.